The van der Waals surface area contributed by atoms with Crippen LogP contribution in [0.1, 0.15) is 27.0 Å². The number of benzene rings is 3. The lowest BCUT2D eigenvalue weighted by atomic mass is 10.1. The molecule has 0 bridgehead atoms. The van der Waals surface area contributed by atoms with Gasteiger partial charge in [-0.3, -0.25) is 9.48 Å². The van der Waals surface area contributed by atoms with E-state index in [9.17, 15) is 4.79 Å². The quantitative estimate of drug-likeness (QED) is 0.426. The standard InChI is InChI=1S/C26H25N3O3/c1-19-8-3-4-10-22(19)17-29-15-14-25(28-29)27-26(30)21-11-7-9-20(16-21)18-32-24-13-6-5-12-23(24)31-2/h3-16H,17-18H2,1-2H3,(H,27,28,30). The van der Waals surface area contributed by atoms with Crippen molar-refractivity contribution in [1.29, 1.82) is 0 Å². The molecule has 1 aromatic heterocycles. The van der Waals surface area contributed by atoms with Crippen LogP contribution in [0.3, 0.4) is 0 Å². The number of aryl methyl sites for hydroxylation is 1. The summed E-state index contributed by atoms with van der Waals surface area (Å²) in [7, 11) is 1.61. The summed E-state index contributed by atoms with van der Waals surface area (Å²) in [6.45, 7) is 3.05. The van der Waals surface area contributed by atoms with Crippen molar-refractivity contribution in [2.24, 2.45) is 0 Å². The van der Waals surface area contributed by atoms with Crippen molar-refractivity contribution < 1.29 is 14.3 Å². The highest BCUT2D eigenvalue weighted by Crippen LogP contribution is 2.26. The second-order valence-electron chi connectivity index (χ2n) is 7.42. The summed E-state index contributed by atoms with van der Waals surface area (Å²) in [5.41, 5.74) is 3.82. The Balaban J connectivity index is 1.39. The number of nitrogens with zero attached hydrogens (tertiary/aromatic N) is 2. The average Bonchev–Trinajstić information content (AvgIpc) is 3.26. The third kappa shape index (κ3) is 5.16. The van der Waals surface area contributed by atoms with E-state index >= 15 is 0 Å². The Morgan fingerprint density at radius 2 is 1.75 bits per heavy atom. The van der Waals surface area contributed by atoms with Crippen molar-refractivity contribution in [2.45, 2.75) is 20.1 Å². The Kier molecular flexibility index (Phi) is 6.51. The van der Waals surface area contributed by atoms with Gasteiger partial charge in [-0.05, 0) is 47.9 Å². The third-order valence-corrected chi connectivity index (χ3v) is 5.13. The van der Waals surface area contributed by atoms with Crippen LogP contribution >= 0.6 is 0 Å². The Labute approximate surface area is 187 Å². The highest BCUT2D eigenvalue weighted by molar-refractivity contribution is 6.03. The predicted molar refractivity (Wildman–Crippen MR) is 124 cm³/mol. The molecule has 6 heteroatoms. The Bertz CT molecular complexity index is 1220. The number of amides is 1. The zero-order valence-corrected chi connectivity index (χ0v) is 18.1. The molecule has 1 heterocycles. The lowest BCUT2D eigenvalue weighted by Crippen LogP contribution is -2.13. The van der Waals surface area contributed by atoms with Crippen LogP contribution < -0.4 is 14.8 Å². The van der Waals surface area contributed by atoms with Gasteiger partial charge in [-0.15, -0.1) is 0 Å². The summed E-state index contributed by atoms with van der Waals surface area (Å²) in [6.07, 6.45) is 1.86. The zero-order chi connectivity index (χ0) is 22.3. The first-order valence-electron chi connectivity index (χ1n) is 10.4. The molecule has 0 fully saturated rings. The molecular formula is C26H25N3O3. The number of hydrogen-bond acceptors (Lipinski definition) is 4. The predicted octanol–water partition coefficient (Wildman–Crippen LogP) is 5.08. The molecule has 6 nitrogen and oxygen atoms in total. The van der Waals surface area contributed by atoms with Crippen LogP contribution in [0.25, 0.3) is 0 Å². The molecule has 3 aromatic carbocycles. The summed E-state index contributed by atoms with van der Waals surface area (Å²) < 4.78 is 13.0. The summed E-state index contributed by atoms with van der Waals surface area (Å²) in [4.78, 5) is 12.7. The highest BCUT2D eigenvalue weighted by atomic mass is 16.5. The Morgan fingerprint density at radius 1 is 0.969 bits per heavy atom. The van der Waals surface area contributed by atoms with Crippen molar-refractivity contribution in [3.8, 4) is 11.5 Å². The van der Waals surface area contributed by atoms with Crippen LogP contribution in [-0.4, -0.2) is 22.8 Å². The molecule has 0 aliphatic rings. The second kappa shape index (κ2) is 9.83. The van der Waals surface area contributed by atoms with Crippen LogP contribution in [0, 0.1) is 6.92 Å². The van der Waals surface area contributed by atoms with Crippen LogP contribution in [0.15, 0.2) is 85.1 Å². The van der Waals surface area contributed by atoms with Gasteiger partial charge in [0.15, 0.2) is 17.3 Å². The topological polar surface area (TPSA) is 65.4 Å². The molecule has 162 valence electrons. The van der Waals surface area contributed by atoms with Gasteiger partial charge in [0.2, 0.25) is 0 Å². The molecule has 1 N–H and O–H groups in total. The monoisotopic (exact) mass is 427 g/mol. The van der Waals surface area contributed by atoms with Gasteiger partial charge < -0.3 is 14.8 Å². The van der Waals surface area contributed by atoms with Crippen LogP contribution in [0.4, 0.5) is 5.82 Å². The number of anilines is 1. The Hall–Kier alpha value is -4.06. The zero-order valence-electron chi connectivity index (χ0n) is 18.1. The first-order chi connectivity index (χ1) is 15.6. The van der Waals surface area contributed by atoms with Gasteiger partial charge in [-0.25, -0.2) is 0 Å². The lowest BCUT2D eigenvalue weighted by Gasteiger charge is -2.11. The molecule has 0 saturated carbocycles. The molecule has 0 radical (unpaired) electrons. The molecular weight excluding hydrogens is 402 g/mol. The van der Waals surface area contributed by atoms with Crippen LogP contribution in [0.2, 0.25) is 0 Å². The van der Waals surface area contributed by atoms with E-state index in [1.54, 1.807) is 19.2 Å². The fraction of sp³-hybridized carbons (Fsp3) is 0.154. The normalized spacial score (nSPS) is 10.6. The lowest BCUT2D eigenvalue weighted by molar-refractivity contribution is 0.102. The van der Waals surface area contributed by atoms with E-state index in [1.165, 1.54) is 11.1 Å². The number of ether oxygens (including phenoxy) is 2. The molecule has 0 aliphatic heterocycles. The number of para-hydroxylation sites is 2. The fourth-order valence-electron chi connectivity index (χ4n) is 3.37. The number of hydrogen-bond donors (Lipinski definition) is 1. The summed E-state index contributed by atoms with van der Waals surface area (Å²) in [6, 6.07) is 24.8. The first kappa shape index (κ1) is 21.2. The maximum atomic E-state index is 12.7. The summed E-state index contributed by atoms with van der Waals surface area (Å²) in [5, 5.41) is 7.34. The number of rotatable bonds is 8. The van der Waals surface area contributed by atoms with Crippen molar-refractivity contribution in [1.82, 2.24) is 9.78 Å². The van der Waals surface area contributed by atoms with E-state index in [4.69, 9.17) is 9.47 Å². The van der Waals surface area contributed by atoms with Gasteiger partial charge in [-0.1, -0.05) is 48.5 Å². The van der Waals surface area contributed by atoms with Crippen molar-refractivity contribution >= 4 is 11.7 Å². The minimum atomic E-state index is -0.217. The number of nitrogens with one attached hydrogen (secondary N) is 1. The van der Waals surface area contributed by atoms with Crippen LogP contribution in [-0.2, 0) is 13.2 Å². The van der Waals surface area contributed by atoms with Crippen molar-refractivity contribution in [3.05, 3.63) is 107 Å². The minimum Gasteiger partial charge on any atom is -0.493 e. The largest absolute Gasteiger partial charge is 0.493 e. The van der Waals surface area contributed by atoms with Gasteiger partial charge in [0.05, 0.1) is 13.7 Å². The number of carbonyl (C=O) groups is 1. The molecule has 0 spiro atoms. The number of aromatic nitrogens is 2. The molecule has 1 amide bonds. The third-order valence-electron chi connectivity index (χ3n) is 5.13. The second-order valence-corrected chi connectivity index (χ2v) is 7.42. The number of carbonyl (C=O) groups excluding carboxylic acids is 1. The number of methoxy groups -OCH3 is 1. The molecule has 32 heavy (non-hydrogen) atoms. The van der Waals surface area contributed by atoms with Crippen molar-refractivity contribution in [2.75, 3.05) is 12.4 Å². The van der Waals surface area contributed by atoms with E-state index in [0.717, 1.165) is 5.56 Å². The Morgan fingerprint density at radius 3 is 2.56 bits per heavy atom. The average molecular weight is 428 g/mol. The van der Waals surface area contributed by atoms with E-state index in [2.05, 4.69) is 29.5 Å². The summed E-state index contributed by atoms with van der Waals surface area (Å²) in [5.74, 6) is 1.62. The van der Waals surface area contributed by atoms with Gasteiger partial charge >= 0.3 is 0 Å². The first-order valence-corrected chi connectivity index (χ1v) is 10.4. The maximum absolute atomic E-state index is 12.7. The van der Waals surface area contributed by atoms with E-state index in [0.29, 0.717) is 36.0 Å². The maximum Gasteiger partial charge on any atom is 0.256 e. The van der Waals surface area contributed by atoms with E-state index in [1.807, 2.05) is 65.5 Å². The van der Waals surface area contributed by atoms with Crippen molar-refractivity contribution in [3.63, 3.8) is 0 Å². The molecule has 0 unspecified atom stereocenters. The molecule has 4 rings (SSSR count). The van der Waals surface area contributed by atoms with Gasteiger partial charge in [0, 0.05) is 17.8 Å². The van der Waals surface area contributed by atoms with Gasteiger partial charge in [0.1, 0.15) is 6.61 Å². The molecule has 4 aromatic rings. The summed E-state index contributed by atoms with van der Waals surface area (Å²) >= 11 is 0. The van der Waals surface area contributed by atoms with E-state index in [-0.39, 0.29) is 5.91 Å². The molecule has 0 aliphatic carbocycles. The van der Waals surface area contributed by atoms with Gasteiger partial charge in [-0.2, -0.15) is 5.10 Å². The minimum absolute atomic E-state index is 0.217. The smallest absolute Gasteiger partial charge is 0.256 e. The highest BCUT2D eigenvalue weighted by Gasteiger charge is 2.10. The van der Waals surface area contributed by atoms with Crippen LogP contribution in [0.5, 0.6) is 11.5 Å². The molecule has 0 atom stereocenters. The SMILES string of the molecule is COc1ccccc1OCc1cccc(C(=O)Nc2ccn(Cc3ccccc3C)n2)c1. The van der Waals surface area contributed by atoms with E-state index < -0.39 is 0 Å². The molecule has 0 saturated heterocycles. The van der Waals surface area contributed by atoms with Gasteiger partial charge in [0.25, 0.3) is 5.91 Å². The fourth-order valence-corrected chi connectivity index (χ4v) is 3.37.